The van der Waals surface area contributed by atoms with Gasteiger partial charge in [0, 0.05) is 16.8 Å². The zero-order chi connectivity index (χ0) is 23.8. The number of halogens is 1. The minimum Gasteiger partial charge on any atom is -0.497 e. The van der Waals surface area contributed by atoms with E-state index >= 15 is 0 Å². The van der Waals surface area contributed by atoms with Gasteiger partial charge in [0.15, 0.2) is 5.43 Å². The van der Waals surface area contributed by atoms with Crippen LogP contribution >= 0.6 is 11.6 Å². The number of methoxy groups -OCH3 is 1. The Balaban J connectivity index is 1.77. The minimum atomic E-state index is -0.735. The van der Waals surface area contributed by atoms with E-state index < -0.39 is 11.9 Å². The Morgan fingerprint density at radius 1 is 1.06 bits per heavy atom. The second-order valence-corrected chi connectivity index (χ2v) is 8.20. The van der Waals surface area contributed by atoms with Crippen LogP contribution in [0.15, 0.2) is 88.6 Å². The normalized spacial score (nSPS) is 14.8. The molecule has 1 unspecified atom stereocenters. The Kier molecular flexibility index (Phi) is 5.59. The molecule has 7 heteroatoms. The number of fused-ring (bicyclic) bond motifs is 2. The highest BCUT2D eigenvalue weighted by molar-refractivity contribution is 6.31. The Hall–Kier alpha value is -4.03. The van der Waals surface area contributed by atoms with Gasteiger partial charge < -0.3 is 13.9 Å². The van der Waals surface area contributed by atoms with Crippen LogP contribution in [0.2, 0.25) is 5.02 Å². The van der Waals surface area contributed by atoms with Crippen LogP contribution < -0.4 is 19.8 Å². The van der Waals surface area contributed by atoms with E-state index in [1.807, 2.05) is 24.3 Å². The van der Waals surface area contributed by atoms with Crippen molar-refractivity contribution < 1.29 is 18.7 Å². The summed E-state index contributed by atoms with van der Waals surface area (Å²) in [5.41, 5.74) is 1.52. The summed E-state index contributed by atoms with van der Waals surface area (Å²) in [6, 6.07) is 18.4. The minimum absolute atomic E-state index is 0.00468. The molecule has 1 aliphatic heterocycles. The molecule has 6 nitrogen and oxygen atoms in total. The van der Waals surface area contributed by atoms with Crippen LogP contribution in [-0.2, 0) is 0 Å². The van der Waals surface area contributed by atoms with Crippen molar-refractivity contribution in [3.8, 4) is 11.5 Å². The van der Waals surface area contributed by atoms with Crippen LogP contribution in [-0.4, -0.2) is 19.6 Å². The molecule has 1 aliphatic rings. The number of amides is 1. The van der Waals surface area contributed by atoms with E-state index in [9.17, 15) is 9.59 Å². The molecular weight excluding hydrogens is 454 g/mol. The molecule has 5 rings (SSSR count). The maximum Gasteiger partial charge on any atom is 0.295 e. The fraction of sp³-hybridized carbons (Fsp3) is 0.111. The number of carbonyl (C=O) groups excluding carboxylic acids is 1. The van der Waals surface area contributed by atoms with Crippen molar-refractivity contribution in [1.29, 1.82) is 0 Å². The van der Waals surface area contributed by atoms with Crippen LogP contribution in [0.4, 0.5) is 5.69 Å². The zero-order valence-electron chi connectivity index (χ0n) is 18.3. The highest BCUT2D eigenvalue weighted by Crippen LogP contribution is 2.42. The van der Waals surface area contributed by atoms with Gasteiger partial charge in [-0.3, -0.25) is 14.5 Å². The number of ether oxygens (including phenoxy) is 2. The predicted molar refractivity (Wildman–Crippen MR) is 131 cm³/mol. The molecule has 0 fully saturated rings. The summed E-state index contributed by atoms with van der Waals surface area (Å²) in [5, 5.41) is 0.723. The molecule has 0 saturated carbocycles. The maximum atomic E-state index is 13.7. The summed E-state index contributed by atoms with van der Waals surface area (Å²) < 4.78 is 17.0. The summed E-state index contributed by atoms with van der Waals surface area (Å²) in [7, 11) is 1.55. The van der Waals surface area contributed by atoms with Crippen LogP contribution in [0, 0.1) is 0 Å². The van der Waals surface area contributed by atoms with Crippen molar-refractivity contribution in [3.63, 3.8) is 0 Å². The molecule has 3 aromatic carbocycles. The topological polar surface area (TPSA) is 69.0 Å². The Bertz CT molecular complexity index is 1490. The number of rotatable bonds is 6. The Morgan fingerprint density at radius 2 is 1.85 bits per heavy atom. The summed E-state index contributed by atoms with van der Waals surface area (Å²) in [5.74, 6) is 0.765. The van der Waals surface area contributed by atoms with Crippen molar-refractivity contribution >= 4 is 34.2 Å². The largest absolute Gasteiger partial charge is 0.497 e. The number of hydrogen-bond acceptors (Lipinski definition) is 5. The number of carbonyl (C=O) groups is 1. The van der Waals surface area contributed by atoms with E-state index in [0.29, 0.717) is 45.3 Å². The highest BCUT2D eigenvalue weighted by atomic mass is 35.5. The summed E-state index contributed by atoms with van der Waals surface area (Å²) >= 11 is 6.15. The van der Waals surface area contributed by atoms with Crippen LogP contribution in [0.1, 0.15) is 27.7 Å². The lowest BCUT2D eigenvalue weighted by Crippen LogP contribution is -2.29. The van der Waals surface area contributed by atoms with Gasteiger partial charge in [0.2, 0.25) is 5.76 Å². The smallest absolute Gasteiger partial charge is 0.295 e. The molecule has 1 aromatic heterocycles. The fourth-order valence-corrected chi connectivity index (χ4v) is 4.39. The third-order valence-electron chi connectivity index (χ3n) is 5.71. The number of nitrogens with zero attached hydrogens (tertiary/aromatic N) is 1. The third-order valence-corrected chi connectivity index (χ3v) is 5.94. The summed E-state index contributed by atoms with van der Waals surface area (Å²) in [6.45, 7) is 4.00. The van der Waals surface area contributed by atoms with E-state index in [1.165, 1.54) is 0 Å². The van der Waals surface area contributed by atoms with Gasteiger partial charge in [-0.2, -0.15) is 0 Å². The van der Waals surface area contributed by atoms with Gasteiger partial charge in [0.1, 0.15) is 23.7 Å². The first-order valence-corrected chi connectivity index (χ1v) is 11.0. The molecule has 2 heterocycles. The van der Waals surface area contributed by atoms with Gasteiger partial charge in [0.25, 0.3) is 5.91 Å². The van der Waals surface area contributed by atoms with Crippen molar-refractivity contribution in [2.45, 2.75) is 6.04 Å². The van der Waals surface area contributed by atoms with Gasteiger partial charge >= 0.3 is 0 Å². The fourth-order valence-electron chi connectivity index (χ4n) is 4.22. The molecule has 0 aliphatic carbocycles. The van der Waals surface area contributed by atoms with Crippen molar-refractivity contribution in [1.82, 2.24) is 0 Å². The predicted octanol–water partition coefficient (Wildman–Crippen LogP) is 5.77. The average Bonchev–Trinajstić information content (AvgIpc) is 3.16. The van der Waals surface area contributed by atoms with Crippen LogP contribution in [0.3, 0.4) is 0 Å². The molecular formula is C27H20ClNO5. The molecule has 0 spiro atoms. The van der Waals surface area contributed by atoms with Gasteiger partial charge in [-0.25, -0.2) is 0 Å². The maximum absolute atomic E-state index is 13.7. The van der Waals surface area contributed by atoms with Gasteiger partial charge in [-0.05, 0) is 48.0 Å². The first-order valence-electron chi connectivity index (χ1n) is 10.6. The summed E-state index contributed by atoms with van der Waals surface area (Å²) in [4.78, 5) is 28.9. The number of anilines is 1. The zero-order valence-corrected chi connectivity index (χ0v) is 19.0. The van der Waals surface area contributed by atoms with Crippen molar-refractivity contribution in [2.75, 3.05) is 18.6 Å². The van der Waals surface area contributed by atoms with E-state index in [0.717, 1.165) is 0 Å². The third kappa shape index (κ3) is 3.62. The average molecular weight is 474 g/mol. The molecule has 1 atom stereocenters. The van der Waals surface area contributed by atoms with Crippen molar-refractivity contribution in [2.24, 2.45) is 0 Å². The standard InChI is InChI=1S/C27H20ClNO5/c1-3-12-33-20-9-4-6-16(13-20)24-23-25(30)21-14-17(28)10-11-22(21)34-26(23)27(31)29(24)18-7-5-8-19(15-18)32-2/h3-11,13-15,24H,1,12H2,2H3. The van der Waals surface area contributed by atoms with E-state index in [4.69, 9.17) is 25.5 Å². The molecule has 1 amide bonds. The molecule has 0 bridgehead atoms. The Labute approximate surface area is 200 Å². The summed E-state index contributed by atoms with van der Waals surface area (Å²) in [6.07, 6.45) is 1.65. The van der Waals surface area contributed by atoms with E-state index in [-0.39, 0.29) is 16.8 Å². The molecule has 0 N–H and O–H groups in total. The van der Waals surface area contributed by atoms with Gasteiger partial charge in [-0.15, -0.1) is 0 Å². The second kappa shape index (κ2) is 8.72. The molecule has 170 valence electrons. The van der Waals surface area contributed by atoms with Crippen LogP contribution in [0.25, 0.3) is 11.0 Å². The first kappa shape index (κ1) is 21.8. The Morgan fingerprint density at radius 3 is 2.65 bits per heavy atom. The quantitative estimate of drug-likeness (QED) is 0.332. The lowest BCUT2D eigenvalue weighted by Gasteiger charge is -2.26. The monoisotopic (exact) mass is 473 g/mol. The highest BCUT2D eigenvalue weighted by Gasteiger charge is 2.43. The first-order chi connectivity index (χ1) is 16.5. The van der Waals surface area contributed by atoms with Crippen LogP contribution in [0.5, 0.6) is 11.5 Å². The molecule has 0 saturated heterocycles. The van der Waals surface area contributed by atoms with Gasteiger partial charge in [0.05, 0.1) is 24.1 Å². The van der Waals surface area contributed by atoms with Gasteiger partial charge in [-0.1, -0.05) is 42.5 Å². The molecule has 4 aromatic rings. The lowest BCUT2D eigenvalue weighted by atomic mass is 9.98. The second-order valence-electron chi connectivity index (χ2n) is 7.77. The number of hydrogen-bond donors (Lipinski definition) is 0. The number of benzene rings is 3. The van der Waals surface area contributed by atoms with E-state index in [2.05, 4.69) is 6.58 Å². The van der Waals surface area contributed by atoms with Crippen molar-refractivity contribution in [3.05, 3.63) is 112 Å². The molecule has 34 heavy (non-hydrogen) atoms. The SMILES string of the molecule is C=CCOc1cccc(C2c3c(oc4ccc(Cl)cc4c3=O)C(=O)N2c2cccc(OC)c2)c1. The lowest BCUT2D eigenvalue weighted by molar-refractivity contribution is 0.0971. The van der Waals surface area contributed by atoms with E-state index in [1.54, 1.807) is 60.6 Å². The molecule has 0 radical (unpaired) electrons.